The summed E-state index contributed by atoms with van der Waals surface area (Å²) in [5.74, 6) is -1.32. The molecule has 0 heterocycles. The van der Waals surface area contributed by atoms with Gasteiger partial charge in [-0.15, -0.1) is 0 Å². The Kier molecular flexibility index (Phi) is 4.37. The lowest BCUT2D eigenvalue weighted by Gasteiger charge is -2.28. The van der Waals surface area contributed by atoms with Crippen molar-refractivity contribution in [1.82, 2.24) is 5.32 Å². The summed E-state index contributed by atoms with van der Waals surface area (Å²) in [4.78, 5) is 23.0. The monoisotopic (exact) mass is 257 g/mol. The number of carboxylic acid groups (broad SMARTS) is 1. The molecule has 0 aromatic rings. The molecular weight excluding hydrogens is 234 g/mol. The van der Waals surface area contributed by atoms with E-state index in [2.05, 4.69) is 5.32 Å². The minimum absolute atomic E-state index is 0.0263. The van der Waals surface area contributed by atoms with Crippen molar-refractivity contribution >= 4 is 11.9 Å². The second-order valence-electron chi connectivity index (χ2n) is 5.99. The average molecular weight is 257 g/mol. The van der Waals surface area contributed by atoms with E-state index in [1.807, 2.05) is 0 Å². The molecular formula is C13H23NO4. The summed E-state index contributed by atoms with van der Waals surface area (Å²) in [6, 6.07) is 0. The number of carbonyl (C=O) groups is 2. The molecule has 0 aliphatic heterocycles. The highest BCUT2D eigenvalue weighted by Crippen LogP contribution is 2.44. The van der Waals surface area contributed by atoms with E-state index in [1.54, 1.807) is 20.8 Å². The van der Waals surface area contributed by atoms with Gasteiger partial charge in [-0.3, -0.25) is 9.59 Å². The van der Waals surface area contributed by atoms with Crippen molar-refractivity contribution in [3.8, 4) is 0 Å². The van der Waals surface area contributed by atoms with Gasteiger partial charge in [-0.05, 0) is 25.7 Å². The number of amides is 1. The molecule has 1 amide bonds. The van der Waals surface area contributed by atoms with E-state index in [1.165, 1.54) is 0 Å². The molecule has 0 radical (unpaired) electrons. The van der Waals surface area contributed by atoms with Gasteiger partial charge in [-0.1, -0.05) is 13.8 Å². The second-order valence-corrected chi connectivity index (χ2v) is 5.99. The van der Waals surface area contributed by atoms with Gasteiger partial charge in [0.15, 0.2) is 0 Å². The third-order valence-electron chi connectivity index (χ3n) is 4.24. The first-order chi connectivity index (χ1) is 8.26. The average Bonchev–Trinajstić information content (AvgIpc) is 3.06. The van der Waals surface area contributed by atoms with Gasteiger partial charge in [0.05, 0.1) is 12.0 Å². The summed E-state index contributed by atoms with van der Waals surface area (Å²) in [6.07, 6.45) is 1.82. The van der Waals surface area contributed by atoms with Gasteiger partial charge >= 0.3 is 5.97 Å². The number of carboxylic acids is 1. The Bertz CT molecular complexity index is 336. The Hall–Kier alpha value is -1.10. The first-order valence-corrected chi connectivity index (χ1v) is 6.37. The summed E-state index contributed by atoms with van der Waals surface area (Å²) in [6.45, 7) is 5.72. The van der Waals surface area contributed by atoms with Crippen LogP contribution in [-0.4, -0.2) is 35.2 Å². The summed E-state index contributed by atoms with van der Waals surface area (Å²) < 4.78 is 0. The largest absolute Gasteiger partial charge is 0.481 e. The van der Waals surface area contributed by atoms with Gasteiger partial charge in [-0.25, -0.2) is 0 Å². The molecule has 0 bridgehead atoms. The van der Waals surface area contributed by atoms with Crippen LogP contribution in [0.15, 0.2) is 0 Å². The Labute approximate surface area is 108 Å². The summed E-state index contributed by atoms with van der Waals surface area (Å²) >= 11 is 0. The number of hydrogen-bond acceptors (Lipinski definition) is 3. The molecule has 3 N–H and O–H groups in total. The predicted octanol–water partition coefficient (Wildman–Crippen LogP) is 1.01. The summed E-state index contributed by atoms with van der Waals surface area (Å²) in [5.41, 5.74) is -1.19. The minimum atomic E-state index is -1.04. The number of hydrogen-bond donors (Lipinski definition) is 3. The molecule has 1 atom stereocenters. The Morgan fingerprint density at radius 1 is 1.39 bits per heavy atom. The second kappa shape index (κ2) is 5.26. The molecule has 0 saturated heterocycles. The Morgan fingerprint density at radius 3 is 2.28 bits per heavy atom. The smallest absolute Gasteiger partial charge is 0.310 e. The van der Waals surface area contributed by atoms with Crippen molar-refractivity contribution in [2.45, 2.75) is 40.0 Å². The van der Waals surface area contributed by atoms with Crippen molar-refractivity contribution in [2.24, 2.45) is 16.7 Å². The number of aliphatic hydroxyl groups excluding tert-OH is 1. The third kappa shape index (κ3) is 3.22. The van der Waals surface area contributed by atoms with Gasteiger partial charge in [0.25, 0.3) is 0 Å². The highest BCUT2D eigenvalue weighted by Gasteiger charge is 2.43. The zero-order valence-electron chi connectivity index (χ0n) is 11.3. The van der Waals surface area contributed by atoms with E-state index in [0.29, 0.717) is 6.54 Å². The van der Waals surface area contributed by atoms with Crippen LogP contribution < -0.4 is 5.32 Å². The van der Waals surface area contributed by atoms with Crippen molar-refractivity contribution in [3.63, 3.8) is 0 Å². The molecule has 0 aromatic carbocycles. The molecule has 1 aliphatic carbocycles. The Balaban J connectivity index is 2.50. The van der Waals surface area contributed by atoms with Crippen molar-refractivity contribution in [2.75, 3.05) is 13.2 Å². The summed E-state index contributed by atoms with van der Waals surface area (Å²) in [5, 5.41) is 21.1. The van der Waals surface area contributed by atoms with Gasteiger partial charge in [0, 0.05) is 18.4 Å². The molecule has 1 fully saturated rings. The fraction of sp³-hybridized carbons (Fsp3) is 0.846. The summed E-state index contributed by atoms with van der Waals surface area (Å²) in [7, 11) is 0. The number of aliphatic carboxylic acids is 1. The fourth-order valence-corrected chi connectivity index (χ4v) is 1.78. The first-order valence-electron chi connectivity index (χ1n) is 6.37. The molecule has 1 saturated carbocycles. The van der Waals surface area contributed by atoms with Crippen LogP contribution in [-0.2, 0) is 9.59 Å². The molecule has 5 nitrogen and oxygen atoms in total. The van der Waals surface area contributed by atoms with Crippen molar-refractivity contribution in [3.05, 3.63) is 0 Å². The van der Waals surface area contributed by atoms with Crippen LogP contribution in [0.2, 0.25) is 0 Å². The highest BCUT2D eigenvalue weighted by molar-refractivity contribution is 5.84. The van der Waals surface area contributed by atoms with Crippen LogP contribution in [0.5, 0.6) is 0 Å². The maximum Gasteiger partial charge on any atom is 0.310 e. The lowest BCUT2D eigenvalue weighted by Crippen LogP contribution is -2.40. The van der Waals surface area contributed by atoms with Crippen molar-refractivity contribution in [1.29, 1.82) is 0 Å². The predicted molar refractivity (Wildman–Crippen MR) is 67.0 cm³/mol. The Morgan fingerprint density at radius 2 is 1.94 bits per heavy atom. The molecule has 5 heteroatoms. The minimum Gasteiger partial charge on any atom is -0.481 e. The molecule has 1 rings (SSSR count). The van der Waals surface area contributed by atoms with E-state index in [0.717, 1.165) is 12.8 Å². The zero-order valence-corrected chi connectivity index (χ0v) is 11.3. The lowest BCUT2D eigenvalue weighted by atomic mass is 9.76. The van der Waals surface area contributed by atoms with Gasteiger partial charge < -0.3 is 15.5 Å². The first kappa shape index (κ1) is 15.0. The van der Waals surface area contributed by atoms with E-state index in [9.17, 15) is 14.7 Å². The van der Waals surface area contributed by atoms with Crippen LogP contribution in [0, 0.1) is 16.7 Å². The van der Waals surface area contributed by atoms with E-state index >= 15 is 0 Å². The number of nitrogens with one attached hydrogen (secondary N) is 1. The fourth-order valence-electron chi connectivity index (χ4n) is 1.78. The highest BCUT2D eigenvalue weighted by atomic mass is 16.4. The maximum absolute atomic E-state index is 11.8. The molecule has 0 aromatic heterocycles. The van der Waals surface area contributed by atoms with Crippen LogP contribution >= 0.6 is 0 Å². The molecule has 1 unspecified atom stereocenters. The quantitative estimate of drug-likeness (QED) is 0.635. The van der Waals surface area contributed by atoms with Crippen LogP contribution in [0.4, 0.5) is 0 Å². The van der Waals surface area contributed by atoms with Crippen LogP contribution in [0.1, 0.15) is 40.0 Å². The van der Waals surface area contributed by atoms with Crippen LogP contribution in [0.25, 0.3) is 0 Å². The van der Waals surface area contributed by atoms with E-state index < -0.39 is 11.4 Å². The molecule has 18 heavy (non-hydrogen) atoms. The molecule has 1 aliphatic rings. The molecule has 104 valence electrons. The zero-order chi connectivity index (χ0) is 14.0. The third-order valence-corrected chi connectivity index (χ3v) is 4.24. The van der Waals surface area contributed by atoms with E-state index in [-0.39, 0.29) is 30.3 Å². The normalized spacial score (nSPS) is 20.3. The van der Waals surface area contributed by atoms with Gasteiger partial charge in [0.2, 0.25) is 5.91 Å². The topological polar surface area (TPSA) is 86.6 Å². The van der Waals surface area contributed by atoms with E-state index in [4.69, 9.17) is 5.11 Å². The standard InChI is InChI=1S/C13H23NO4/c1-9(2)12(3,11(17)18)6-10(16)14-7-13(8-15)4-5-13/h9,15H,4-8H2,1-3H3,(H,14,16)(H,17,18). The number of carbonyl (C=O) groups excluding carboxylic acids is 1. The SMILES string of the molecule is CC(C)C(C)(CC(=O)NCC1(CO)CC1)C(=O)O. The van der Waals surface area contributed by atoms with Crippen LogP contribution in [0.3, 0.4) is 0 Å². The van der Waals surface area contributed by atoms with Gasteiger partial charge in [-0.2, -0.15) is 0 Å². The van der Waals surface area contributed by atoms with Crippen molar-refractivity contribution < 1.29 is 19.8 Å². The number of aliphatic hydroxyl groups is 1. The van der Waals surface area contributed by atoms with Gasteiger partial charge in [0.1, 0.15) is 0 Å². The maximum atomic E-state index is 11.8. The molecule has 0 spiro atoms. The number of rotatable bonds is 7. The lowest BCUT2D eigenvalue weighted by molar-refractivity contribution is -0.153.